The zero-order chi connectivity index (χ0) is 16.1. The summed E-state index contributed by atoms with van der Waals surface area (Å²) in [6, 6.07) is 7.83. The summed E-state index contributed by atoms with van der Waals surface area (Å²) in [6.45, 7) is 2.28. The Morgan fingerprint density at radius 1 is 1.09 bits per heavy atom. The Bertz CT molecular complexity index is 616. The molecule has 22 heavy (non-hydrogen) atoms. The maximum absolute atomic E-state index is 10.0. The molecule has 1 aromatic heterocycles. The van der Waals surface area contributed by atoms with Gasteiger partial charge in [0, 0.05) is 12.6 Å². The minimum atomic E-state index is -0.767. The highest BCUT2D eigenvalue weighted by atomic mass is 16.3. The molecule has 2 aromatic rings. The van der Waals surface area contributed by atoms with Gasteiger partial charge in [-0.3, -0.25) is 4.98 Å². The van der Waals surface area contributed by atoms with Gasteiger partial charge in [0.05, 0.1) is 11.9 Å². The molecule has 1 heterocycles. The summed E-state index contributed by atoms with van der Waals surface area (Å²) in [6.07, 6.45) is 1.17. The van der Waals surface area contributed by atoms with E-state index in [4.69, 9.17) is 5.11 Å². The Hall–Kier alpha value is -2.31. The predicted octanol–water partition coefficient (Wildman–Crippen LogP) is 1.45. The minimum absolute atomic E-state index is 0.0596. The van der Waals surface area contributed by atoms with Crippen molar-refractivity contribution in [2.75, 3.05) is 6.54 Å². The number of rotatable bonds is 6. The van der Waals surface area contributed by atoms with Crippen LogP contribution in [0.2, 0.25) is 0 Å². The van der Waals surface area contributed by atoms with E-state index in [1.54, 1.807) is 12.1 Å². The lowest BCUT2D eigenvalue weighted by Gasteiger charge is -2.17. The first-order valence-electron chi connectivity index (χ1n) is 7.03. The lowest BCUT2D eigenvalue weighted by atomic mass is 10.1. The van der Waals surface area contributed by atoms with Crippen LogP contribution in [-0.2, 0) is 6.42 Å². The third-order valence-corrected chi connectivity index (χ3v) is 3.35. The molecule has 0 aliphatic carbocycles. The van der Waals surface area contributed by atoms with Crippen LogP contribution in [0.4, 0.5) is 0 Å². The zero-order valence-corrected chi connectivity index (χ0v) is 12.3. The van der Waals surface area contributed by atoms with E-state index >= 15 is 0 Å². The molecule has 0 fully saturated rings. The predicted molar refractivity (Wildman–Crippen MR) is 81.8 cm³/mol. The van der Waals surface area contributed by atoms with Crippen LogP contribution >= 0.6 is 0 Å². The van der Waals surface area contributed by atoms with Crippen molar-refractivity contribution < 1.29 is 20.4 Å². The van der Waals surface area contributed by atoms with E-state index in [-0.39, 0.29) is 23.3 Å². The third kappa shape index (κ3) is 4.34. The molecule has 2 atom stereocenters. The number of aliphatic hydroxyl groups is 1. The van der Waals surface area contributed by atoms with Gasteiger partial charge >= 0.3 is 0 Å². The van der Waals surface area contributed by atoms with Crippen LogP contribution < -0.4 is 5.32 Å². The highest BCUT2D eigenvalue weighted by Gasteiger charge is 2.11. The van der Waals surface area contributed by atoms with Gasteiger partial charge in [0.2, 0.25) is 0 Å². The molecule has 0 saturated heterocycles. The van der Waals surface area contributed by atoms with Crippen molar-refractivity contribution in [3.8, 4) is 17.2 Å². The number of aromatic hydroxyl groups is 3. The fourth-order valence-electron chi connectivity index (χ4n) is 2.13. The molecular weight excluding hydrogens is 284 g/mol. The summed E-state index contributed by atoms with van der Waals surface area (Å²) >= 11 is 0. The number of phenols is 2. The summed E-state index contributed by atoms with van der Waals surface area (Å²) in [4.78, 5) is 3.96. The summed E-state index contributed by atoms with van der Waals surface area (Å²) < 4.78 is 0. The standard InChI is InChI=1S/C16H20N2O4/c1-10(6-11-2-5-14(20)15(21)7-11)17-9-16(22)13-4-3-12(19)8-18-13/h2-5,7-8,10,16-17,19-22H,6,9H2,1H3. The molecule has 6 nitrogen and oxygen atoms in total. The SMILES string of the molecule is CC(Cc1ccc(O)c(O)c1)NCC(O)c1ccc(O)cn1. The molecule has 2 unspecified atom stereocenters. The average molecular weight is 304 g/mol. The Morgan fingerprint density at radius 2 is 1.86 bits per heavy atom. The Kier molecular flexibility index (Phi) is 5.19. The molecule has 6 heteroatoms. The van der Waals surface area contributed by atoms with E-state index < -0.39 is 6.10 Å². The van der Waals surface area contributed by atoms with E-state index in [1.165, 1.54) is 24.4 Å². The molecule has 1 aromatic carbocycles. The van der Waals surface area contributed by atoms with Crippen molar-refractivity contribution in [3.05, 3.63) is 47.8 Å². The zero-order valence-electron chi connectivity index (χ0n) is 12.3. The number of benzene rings is 1. The summed E-state index contributed by atoms with van der Waals surface area (Å²) in [5.74, 6) is -0.222. The monoisotopic (exact) mass is 304 g/mol. The minimum Gasteiger partial charge on any atom is -0.506 e. The summed E-state index contributed by atoms with van der Waals surface area (Å²) in [5, 5.41) is 41.1. The molecule has 5 N–H and O–H groups in total. The highest BCUT2D eigenvalue weighted by molar-refractivity contribution is 5.40. The van der Waals surface area contributed by atoms with Crippen LogP contribution in [0.25, 0.3) is 0 Å². The van der Waals surface area contributed by atoms with Crippen molar-refractivity contribution in [3.63, 3.8) is 0 Å². The summed E-state index contributed by atoms with van der Waals surface area (Å²) in [7, 11) is 0. The van der Waals surface area contributed by atoms with Crippen LogP contribution in [0.15, 0.2) is 36.5 Å². The van der Waals surface area contributed by atoms with Gasteiger partial charge in [0.1, 0.15) is 11.9 Å². The van der Waals surface area contributed by atoms with Gasteiger partial charge < -0.3 is 25.7 Å². The van der Waals surface area contributed by atoms with Gasteiger partial charge in [-0.2, -0.15) is 0 Å². The van der Waals surface area contributed by atoms with Crippen molar-refractivity contribution >= 4 is 0 Å². The number of hydrogen-bond acceptors (Lipinski definition) is 6. The fourth-order valence-corrected chi connectivity index (χ4v) is 2.13. The maximum Gasteiger partial charge on any atom is 0.157 e. The second kappa shape index (κ2) is 7.11. The van der Waals surface area contributed by atoms with E-state index in [2.05, 4.69) is 10.3 Å². The van der Waals surface area contributed by atoms with Crippen LogP contribution in [0.1, 0.15) is 24.3 Å². The summed E-state index contributed by atoms with van der Waals surface area (Å²) in [5.41, 5.74) is 1.37. The lowest BCUT2D eigenvalue weighted by Crippen LogP contribution is -2.32. The molecule has 0 bridgehead atoms. The van der Waals surface area contributed by atoms with E-state index in [0.29, 0.717) is 18.7 Å². The fraction of sp³-hybridized carbons (Fsp3) is 0.312. The van der Waals surface area contributed by atoms with Crippen LogP contribution in [-0.4, -0.2) is 38.0 Å². The number of pyridine rings is 1. The molecule has 0 saturated carbocycles. The van der Waals surface area contributed by atoms with Gasteiger partial charge in [-0.25, -0.2) is 0 Å². The van der Waals surface area contributed by atoms with Crippen molar-refractivity contribution in [2.45, 2.75) is 25.5 Å². The maximum atomic E-state index is 10.0. The number of aromatic nitrogens is 1. The molecule has 0 radical (unpaired) electrons. The first kappa shape index (κ1) is 16.1. The molecule has 0 aliphatic rings. The van der Waals surface area contributed by atoms with Crippen molar-refractivity contribution in [1.82, 2.24) is 10.3 Å². The number of phenolic OH excluding ortho intramolecular Hbond substituents is 2. The number of nitrogens with one attached hydrogen (secondary N) is 1. The Balaban J connectivity index is 1.85. The third-order valence-electron chi connectivity index (χ3n) is 3.35. The molecule has 2 rings (SSSR count). The molecule has 0 aliphatic heterocycles. The average Bonchev–Trinajstić information content (AvgIpc) is 2.49. The van der Waals surface area contributed by atoms with E-state index in [9.17, 15) is 15.3 Å². The van der Waals surface area contributed by atoms with Gasteiger partial charge in [0.25, 0.3) is 0 Å². The molecule has 118 valence electrons. The first-order valence-corrected chi connectivity index (χ1v) is 7.03. The molecular formula is C16H20N2O4. The van der Waals surface area contributed by atoms with Crippen molar-refractivity contribution in [1.29, 1.82) is 0 Å². The first-order chi connectivity index (χ1) is 10.5. The van der Waals surface area contributed by atoms with Gasteiger partial charge in [-0.15, -0.1) is 0 Å². The smallest absolute Gasteiger partial charge is 0.157 e. The lowest BCUT2D eigenvalue weighted by molar-refractivity contribution is 0.166. The van der Waals surface area contributed by atoms with Crippen LogP contribution in [0.3, 0.4) is 0 Å². The number of hydrogen-bond donors (Lipinski definition) is 5. The molecule has 0 spiro atoms. The van der Waals surface area contributed by atoms with Crippen molar-refractivity contribution in [2.24, 2.45) is 0 Å². The van der Waals surface area contributed by atoms with Gasteiger partial charge in [-0.1, -0.05) is 6.07 Å². The normalized spacial score (nSPS) is 13.7. The van der Waals surface area contributed by atoms with E-state index in [1.807, 2.05) is 6.92 Å². The number of aliphatic hydroxyl groups excluding tert-OH is 1. The quantitative estimate of drug-likeness (QED) is 0.517. The Labute approximate surface area is 128 Å². The topological polar surface area (TPSA) is 106 Å². The highest BCUT2D eigenvalue weighted by Crippen LogP contribution is 2.25. The van der Waals surface area contributed by atoms with E-state index in [0.717, 1.165) is 5.56 Å². The van der Waals surface area contributed by atoms with Gasteiger partial charge in [-0.05, 0) is 43.2 Å². The Morgan fingerprint density at radius 3 is 2.50 bits per heavy atom. The second-order valence-corrected chi connectivity index (χ2v) is 5.29. The van der Waals surface area contributed by atoms with Gasteiger partial charge in [0.15, 0.2) is 11.5 Å². The number of nitrogens with zero attached hydrogens (tertiary/aromatic N) is 1. The van der Waals surface area contributed by atoms with Crippen LogP contribution in [0, 0.1) is 0 Å². The van der Waals surface area contributed by atoms with Crippen LogP contribution in [0.5, 0.6) is 17.2 Å². The molecule has 0 amide bonds. The second-order valence-electron chi connectivity index (χ2n) is 5.29. The largest absolute Gasteiger partial charge is 0.506 e.